The quantitative estimate of drug-likeness (QED) is 0.664. The number of anilines is 1. The van der Waals surface area contributed by atoms with E-state index in [0.29, 0.717) is 5.69 Å². The van der Waals surface area contributed by atoms with E-state index in [1.165, 1.54) is 0 Å². The van der Waals surface area contributed by atoms with Crippen LogP contribution in [0.3, 0.4) is 0 Å². The molecule has 1 aliphatic heterocycles. The molecule has 1 atom stereocenters. The molecule has 3 nitrogen and oxygen atoms in total. The van der Waals surface area contributed by atoms with Gasteiger partial charge in [0.2, 0.25) is 0 Å². The molecule has 0 fully saturated rings. The molecule has 1 aliphatic rings. The summed E-state index contributed by atoms with van der Waals surface area (Å²) >= 11 is 0. The maximum absolute atomic E-state index is 13.2. The lowest BCUT2D eigenvalue weighted by Gasteiger charge is -2.43. The second kappa shape index (κ2) is 5.62. The standard InChI is InChI=1S/C21H17N2O/c1-21(16-10-4-2-5-11-16)20(22-17-12-6-3-7-13-17)18-14-8-9-15-19(18)23(21)24/h2-15H,1H3/q-1. The number of fused-ring (bicyclic) bond motifs is 1. The van der Waals surface area contributed by atoms with Crippen molar-refractivity contribution < 1.29 is 0 Å². The fraction of sp³-hybridized carbons (Fsp3) is 0.0952. The van der Waals surface area contributed by atoms with Gasteiger partial charge >= 0.3 is 0 Å². The first-order valence-electron chi connectivity index (χ1n) is 7.98. The maximum Gasteiger partial charge on any atom is 0.0954 e. The first kappa shape index (κ1) is 14.7. The van der Waals surface area contributed by atoms with Gasteiger partial charge in [0.25, 0.3) is 0 Å². The molecule has 0 saturated carbocycles. The van der Waals surface area contributed by atoms with Crippen LogP contribution in [0.15, 0.2) is 89.9 Å². The lowest BCUT2D eigenvalue weighted by atomic mass is 9.86. The van der Waals surface area contributed by atoms with Crippen LogP contribution in [-0.2, 0) is 5.54 Å². The summed E-state index contributed by atoms with van der Waals surface area (Å²) in [6.07, 6.45) is 0. The molecule has 3 aromatic rings. The van der Waals surface area contributed by atoms with Crippen molar-refractivity contribution in [3.8, 4) is 0 Å². The predicted molar refractivity (Wildman–Crippen MR) is 98.7 cm³/mol. The monoisotopic (exact) mass is 313 g/mol. The molecule has 3 heteroatoms. The Hall–Kier alpha value is -2.91. The molecule has 0 radical (unpaired) electrons. The third-order valence-electron chi connectivity index (χ3n) is 4.58. The highest BCUT2D eigenvalue weighted by molar-refractivity contribution is 6.18. The molecule has 1 heterocycles. The number of rotatable bonds is 2. The third kappa shape index (κ3) is 2.14. The average molecular weight is 313 g/mol. The van der Waals surface area contributed by atoms with E-state index in [0.717, 1.165) is 27.6 Å². The summed E-state index contributed by atoms with van der Waals surface area (Å²) in [5.41, 5.74) is 3.28. The molecule has 0 amide bonds. The zero-order valence-electron chi connectivity index (χ0n) is 13.4. The minimum atomic E-state index is -0.846. The van der Waals surface area contributed by atoms with Crippen LogP contribution in [-0.4, -0.2) is 5.71 Å². The molecule has 24 heavy (non-hydrogen) atoms. The molecule has 0 saturated heterocycles. The van der Waals surface area contributed by atoms with Crippen LogP contribution in [0, 0.1) is 5.21 Å². The van der Waals surface area contributed by atoms with E-state index in [4.69, 9.17) is 4.99 Å². The highest BCUT2D eigenvalue weighted by atomic mass is 16.5. The largest absolute Gasteiger partial charge is 0.757 e. The smallest absolute Gasteiger partial charge is 0.0954 e. The zero-order valence-corrected chi connectivity index (χ0v) is 13.4. The first-order chi connectivity index (χ1) is 11.7. The van der Waals surface area contributed by atoms with E-state index in [1.807, 2.05) is 91.9 Å². The lowest BCUT2D eigenvalue weighted by Crippen LogP contribution is -2.42. The molecule has 0 bridgehead atoms. The highest BCUT2D eigenvalue weighted by Gasteiger charge is 2.42. The Morgan fingerprint density at radius 3 is 2.08 bits per heavy atom. The van der Waals surface area contributed by atoms with Crippen LogP contribution >= 0.6 is 0 Å². The predicted octanol–water partition coefficient (Wildman–Crippen LogP) is 5.04. The molecule has 0 aliphatic carbocycles. The zero-order chi connectivity index (χ0) is 16.6. The third-order valence-corrected chi connectivity index (χ3v) is 4.58. The van der Waals surface area contributed by atoms with Crippen molar-refractivity contribution in [3.63, 3.8) is 0 Å². The van der Waals surface area contributed by atoms with Gasteiger partial charge in [0, 0.05) is 11.3 Å². The van der Waals surface area contributed by atoms with E-state index >= 15 is 0 Å². The van der Waals surface area contributed by atoms with Gasteiger partial charge in [0.15, 0.2) is 0 Å². The SMILES string of the molecule is CC1(c2ccccc2)C(=Nc2ccccc2)c2ccccc2N1[O-]. The normalized spacial score (nSPS) is 21.1. The summed E-state index contributed by atoms with van der Waals surface area (Å²) in [6, 6.07) is 27.3. The van der Waals surface area contributed by atoms with Crippen molar-refractivity contribution in [3.05, 3.63) is 101 Å². The van der Waals surface area contributed by atoms with E-state index in [9.17, 15) is 5.21 Å². The van der Waals surface area contributed by atoms with Crippen molar-refractivity contribution in [2.24, 2.45) is 4.99 Å². The summed E-state index contributed by atoms with van der Waals surface area (Å²) in [7, 11) is 0. The molecule has 4 rings (SSSR count). The fourth-order valence-electron chi connectivity index (χ4n) is 3.27. The van der Waals surface area contributed by atoms with Gasteiger partial charge in [-0.05, 0) is 30.7 Å². The second-order valence-electron chi connectivity index (χ2n) is 6.05. The number of aliphatic imine (C=N–C) groups is 1. The fourth-order valence-corrected chi connectivity index (χ4v) is 3.27. The Morgan fingerprint density at radius 2 is 1.38 bits per heavy atom. The molecular formula is C21H17N2O-. The van der Waals surface area contributed by atoms with Crippen LogP contribution in [0.5, 0.6) is 0 Å². The number of benzene rings is 3. The van der Waals surface area contributed by atoms with Crippen molar-refractivity contribution in [2.75, 3.05) is 5.06 Å². The van der Waals surface area contributed by atoms with Crippen molar-refractivity contribution in [2.45, 2.75) is 12.5 Å². The molecule has 118 valence electrons. The van der Waals surface area contributed by atoms with Crippen LogP contribution in [0.25, 0.3) is 0 Å². The molecule has 0 spiro atoms. The van der Waals surface area contributed by atoms with Gasteiger partial charge in [-0.25, -0.2) is 4.99 Å². The number of hydroxylamine groups is 1. The summed E-state index contributed by atoms with van der Waals surface area (Å²) in [4.78, 5) is 4.85. The summed E-state index contributed by atoms with van der Waals surface area (Å²) < 4.78 is 0. The Kier molecular flexibility index (Phi) is 3.44. The number of hydrogen-bond acceptors (Lipinski definition) is 3. The maximum atomic E-state index is 13.2. The molecule has 1 unspecified atom stereocenters. The van der Waals surface area contributed by atoms with E-state index in [2.05, 4.69) is 0 Å². The highest BCUT2D eigenvalue weighted by Crippen LogP contribution is 2.45. The topological polar surface area (TPSA) is 38.7 Å². The van der Waals surface area contributed by atoms with Gasteiger partial charge in [-0.3, -0.25) is 0 Å². The summed E-state index contributed by atoms with van der Waals surface area (Å²) in [6.45, 7) is 1.94. The van der Waals surface area contributed by atoms with Gasteiger partial charge in [0.05, 0.1) is 16.9 Å². The number of hydrogen-bond donors (Lipinski definition) is 0. The second-order valence-corrected chi connectivity index (χ2v) is 6.05. The Labute approximate surface area is 141 Å². The van der Waals surface area contributed by atoms with Gasteiger partial charge in [-0.15, -0.1) is 0 Å². The number of nitrogens with zero attached hydrogens (tertiary/aromatic N) is 2. The molecule has 3 aromatic carbocycles. The first-order valence-corrected chi connectivity index (χ1v) is 7.98. The molecular weight excluding hydrogens is 296 g/mol. The Balaban J connectivity index is 1.97. The van der Waals surface area contributed by atoms with Gasteiger partial charge in [0.1, 0.15) is 0 Å². The lowest BCUT2D eigenvalue weighted by molar-refractivity contribution is 0.663. The van der Waals surface area contributed by atoms with Crippen LogP contribution in [0.1, 0.15) is 18.1 Å². The van der Waals surface area contributed by atoms with Crippen molar-refractivity contribution >= 4 is 17.1 Å². The van der Waals surface area contributed by atoms with Gasteiger partial charge < -0.3 is 10.3 Å². The van der Waals surface area contributed by atoms with E-state index in [1.54, 1.807) is 0 Å². The molecule has 0 aromatic heterocycles. The van der Waals surface area contributed by atoms with Crippen molar-refractivity contribution in [1.82, 2.24) is 0 Å². The summed E-state index contributed by atoms with van der Waals surface area (Å²) in [5.74, 6) is 0. The van der Waals surface area contributed by atoms with E-state index < -0.39 is 5.54 Å². The average Bonchev–Trinajstić information content (AvgIpc) is 2.87. The Bertz CT molecular complexity index is 890. The minimum Gasteiger partial charge on any atom is -0.757 e. The minimum absolute atomic E-state index is 0.665. The Morgan fingerprint density at radius 1 is 0.792 bits per heavy atom. The van der Waals surface area contributed by atoms with Crippen LogP contribution in [0.4, 0.5) is 11.4 Å². The van der Waals surface area contributed by atoms with Gasteiger partial charge in [-0.1, -0.05) is 66.7 Å². The van der Waals surface area contributed by atoms with Crippen LogP contribution in [0.2, 0.25) is 0 Å². The van der Waals surface area contributed by atoms with Crippen LogP contribution < -0.4 is 5.06 Å². The number of para-hydroxylation sites is 2. The van der Waals surface area contributed by atoms with E-state index in [-0.39, 0.29) is 0 Å². The van der Waals surface area contributed by atoms with Crippen molar-refractivity contribution in [1.29, 1.82) is 0 Å². The summed E-state index contributed by atoms with van der Waals surface area (Å²) in [5, 5.41) is 14.2. The van der Waals surface area contributed by atoms with Gasteiger partial charge in [-0.2, -0.15) is 0 Å². The molecule has 0 N–H and O–H groups in total.